The van der Waals surface area contributed by atoms with Gasteiger partial charge in [-0.1, -0.05) is 34.2 Å². The zero-order chi connectivity index (χ0) is 6.69. The fourth-order valence-electron chi connectivity index (χ4n) is 0.785. The predicted molar refractivity (Wildman–Crippen MR) is 43.5 cm³/mol. The molecule has 0 heterocycles. The first-order valence-electron chi connectivity index (χ1n) is 3.44. The van der Waals surface area contributed by atoms with Gasteiger partial charge in [-0.05, 0) is 19.8 Å². The summed E-state index contributed by atoms with van der Waals surface area (Å²) in [5.74, 6) is 7.06. The first-order chi connectivity index (χ1) is 4.29. The molecule has 0 saturated heterocycles. The summed E-state index contributed by atoms with van der Waals surface area (Å²) >= 11 is 3.38. The highest BCUT2D eigenvalue weighted by Gasteiger charge is 2.13. The molecule has 0 aromatic heterocycles. The Balaban J connectivity index is 2.23. The zero-order valence-corrected chi connectivity index (χ0v) is 7.24. The summed E-state index contributed by atoms with van der Waals surface area (Å²) < 4.78 is 0. The fraction of sp³-hybridized carbons (Fsp3) is 0.750. The topological polar surface area (TPSA) is 0 Å². The van der Waals surface area contributed by atoms with Crippen molar-refractivity contribution in [2.75, 3.05) is 0 Å². The van der Waals surface area contributed by atoms with Gasteiger partial charge in [0.05, 0.1) is 4.83 Å². The van der Waals surface area contributed by atoms with Crippen LogP contribution in [0.2, 0.25) is 0 Å². The van der Waals surface area contributed by atoms with Gasteiger partial charge >= 0.3 is 0 Å². The molecule has 1 aliphatic carbocycles. The van der Waals surface area contributed by atoms with Crippen LogP contribution in [-0.4, -0.2) is 4.83 Å². The van der Waals surface area contributed by atoms with Crippen molar-refractivity contribution in [1.82, 2.24) is 0 Å². The second-order valence-corrected chi connectivity index (χ2v) is 3.91. The lowest BCUT2D eigenvalue weighted by Crippen LogP contribution is -2.07. The van der Waals surface area contributed by atoms with Gasteiger partial charge in [-0.25, -0.2) is 0 Å². The Hall–Kier alpha value is 0.0400. The highest BCUT2D eigenvalue weighted by atomic mass is 79.9. The van der Waals surface area contributed by atoms with Crippen molar-refractivity contribution in [2.45, 2.75) is 31.0 Å². The summed E-state index contributed by atoms with van der Waals surface area (Å²) in [6, 6.07) is 0. The van der Waals surface area contributed by atoms with E-state index in [2.05, 4.69) is 34.7 Å². The largest absolute Gasteiger partial charge is 0.0987 e. The lowest BCUT2D eigenvalue weighted by Gasteiger charge is -2.18. The van der Waals surface area contributed by atoms with Crippen LogP contribution in [0.25, 0.3) is 0 Å². The fourth-order valence-corrected chi connectivity index (χ4v) is 0.917. The zero-order valence-electron chi connectivity index (χ0n) is 5.65. The molecule has 0 amide bonds. The van der Waals surface area contributed by atoms with Gasteiger partial charge in [0.25, 0.3) is 0 Å². The van der Waals surface area contributed by atoms with Gasteiger partial charge in [0, 0.05) is 5.92 Å². The third-order valence-electron chi connectivity index (χ3n) is 1.59. The monoisotopic (exact) mass is 186 g/mol. The summed E-state index contributed by atoms with van der Waals surface area (Å²) in [7, 11) is 0. The van der Waals surface area contributed by atoms with Crippen molar-refractivity contribution in [3.63, 3.8) is 0 Å². The quantitative estimate of drug-likeness (QED) is 0.404. The number of halogens is 1. The minimum atomic E-state index is 0.373. The van der Waals surface area contributed by atoms with E-state index in [9.17, 15) is 0 Å². The van der Waals surface area contributed by atoms with E-state index in [-0.39, 0.29) is 0 Å². The summed E-state index contributed by atoms with van der Waals surface area (Å²) in [6.07, 6.45) is 4.04. The van der Waals surface area contributed by atoms with E-state index >= 15 is 0 Å². The van der Waals surface area contributed by atoms with E-state index in [1.165, 1.54) is 19.3 Å². The second-order valence-electron chi connectivity index (χ2n) is 2.53. The lowest BCUT2D eigenvalue weighted by atomic mass is 9.86. The van der Waals surface area contributed by atoms with E-state index in [1.807, 2.05) is 0 Å². The van der Waals surface area contributed by atoms with Gasteiger partial charge in [-0.3, -0.25) is 0 Å². The molecule has 1 heteroatoms. The number of hydrogen-bond donors (Lipinski definition) is 0. The van der Waals surface area contributed by atoms with Crippen molar-refractivity contribution in [1.29, 1.82) is 0 Å². The first-order valence-corrected chi connectivity index (χ1v) is 4.36. The van der Waals surface area contributed by atoms with Crippen molar-refractivity contribution in [2.24, 2.45) is 5.92 Å². The molecule has 0 bridgehead atoms. The minimum Gasteiger partial charge on any atom is -0.0987 e. The molecular weight excluding hydrogens is 176 g/mol. The standard InChI is InChI=1S/C8H11Br/c1-7(9)5-6-8-3-2-4-8/h7-8H,2-4H2,1H3. The molecule has 1 unspecified atom stereocenters. The summed E-state index contributed by atoms with van der Waals surface area (Å²) in [6.45, 7) is 2.06. The minimum absolute atomic E-state index is 0.373. The molecular formula is C8H11Br. The number of rotatable bonds is 0. The van der Waals surface area contributed by atoms with Crippen molar-refractivity contribution >= 4 is 15.9 Å². The maximum Gasteiger partial charge on any atom is 0.0726 e. The molecule has 1 atom stereocenters. The van der Waals surface area contributed by atoms with Gasteiger partial charge in [0.2, 0.25) is 0 Å². The van der Waals surface area contributed by atoms with Crippen LogP contribution in [0.15, 0.2) is 0 Å². The van der Waals surface area contributed by atoms with E-state index in [0.29, 0.717) is 4.83 Å². The highest BCUT2D eigenvalue weighted by Crippen LogP contribution is 2.25. The van der Waals surface area contributed by atoms with E-state index in [1.54, 1.807) is 0 Å². The predicted octanol–water partition coefficient (Wildman–Crippen LogP) is 2.57. The van der Waals surface area contributed by atoms with Crippen molar-refractivity contribution in [3.05, 3.63) is 0 Å². The first kappa shape index (κ1) is 7.15. The summed E-state index contributed by atoms with van der Waals surface area (Å²) in [5.41, 5.74) is 0. The average molecular weight is 187 g/mol. The Morgan fingerprint density at radius 3 is 2.56 bits per heavy atom. The maximum absolute atomic E-state index is 3.38. The third-order valence-corrected chi connectivity index (χ3v) is 1.82. The smallest absolute Gasteiger partial charge is 0.0726 e. The van der Waals surface area contributed by atoms with Gasteiger partial charge in [0.15, 0.2) is 0 Å². The Labute approximate surface area is 65.2 Å². The molecule has 0 aromatic carbocycles. The summed E-state index contributed by atoms with van der Waals surface area (Å²) in [5, 5.41) is 0. The molecule has 0 aromatic rings. The van der Waals surface area contributed by atoms with Gasteiger partial charge in [-0.2, -0.15) is 0 Å². The van der Waals surface area contributed by atoms with E-state index in [4.69, 9.17) is 0 Å². The lowest BCUT2D eigenvalue weighted by molar-refractivity contribution is 0.401. The van der Waals surface area contributed by atoms with Crippen molar-refractivity contribution < 1.29 is 0 Å². The van der Waals surface area contributed by atoms with Crippen LogP contribution in [0.5, 0.6) is 0 Å². The van der Waals surface area contributed by atoms with Crippen molar-refractivity contribution in [3.8, 4) is 11.8 Å². The maximum atomic E-state index is 3.38. The number of hydrogen-bond acceptors (Lipinski definition) is 0. The Morgan fingerprint density at radius 1 is 1.56 bits per heavy atom. The molecule has 0 nitrogen and oxygen atoms in total. The molecule has 0 radical (unpaired) electrons. The Morgan fingerprint density at radius 2 is 2.22 bits per heavy atom. The Kier molecular flexibility index (Phi) is 2.60. The molecule has 0 spiro atoms. The van der Waals surface area contributed by atoms with E-state index < -0.39 is 0 Å². The van der Waals surface area contributed by atoms with Crippen LogP contribution in [0.1, 0.15) is 26.2 Å². The van der Waals surface area contributed by atoms with Crippen LogP contribution in [0.4, 0.5) is 0 Å². The number of alkyl halides is 1. The van der Waals surface area contributed by atoms with E-state index in [0.717, 1.165) is 5.92 Å². The van der Waals surface area contributed by atoms with Crippen LogP contribution >= 0.6 is 15.9 Å². The van der Waals surface area contributed by atoms with Crippen LogP contribution in [0.3, 0.4) is 0 Å². The second kappa shape index (κ2) is 3.27. The Bertz CT molecular complexity index is 134. The normalized spacial score (nSPS) is 21.6. The molecule has 0 aliphatic heterocycles. The molecule has 1 aliphatic rings. The van der Waals surface area contributed by atoms with Crippen LogP contribution in [-0.2, 0) is 0 Å². The van der Waals surface area contributed by atoms with Gasteiger partial charge in [-0.15, -0.1) is 0 Å². The molecule has 0 N–H and O–H groups in total. The van der Waals surface area contributed by atoms with Crippen LogP contribution < -0.4 is 0 Å². The third kappa shape index (κ3) is 2.41. The molecule has 1 rings (SSSR count). The summed E-state index contributed by atoms with van der Waals surface area (Å²) in [4.78, 5) is 0.373. The average Bonchev–Trinajstić information content (AvgIpc) is 1.60. The van der Waals surface area contributed by atoms with Gasteiger partial charge < -0.3 is 0 Å². The molecule has 9 heavy (non-hydrogen) atoms. The van der Waals surface area contributed by atoms with Gasteiger partial charge in [0.1, 0.15) is 0 Å². The molecule has 1 saturated carbocycles. The molecule has 1 fully saturated rings. The van der Waals surface area contributed by atoms with Crippen LogP contribution in [0, 0.1) is 17.8 Å². The SMILES string of the molecule is CC(Br)C#CC1CCC1. The highest BCUT2D eigenvalue weighted by molar-refractivity contribution is 9.09. The molecule has 50 valence electrons.